The van der Waals surface area contributed by atoms with Gasteiger partial charge in [-0.2, -0.15) is 10.1 Å². The second-order valence-corrected chi connectivity index (χ2v) is 5.13. The molecule has 1 aromatic heterocycles. The highest BCUT2D eigenvalue weighted by atomic mass is 32.2. The number of primary sulfonamides is 1. The van der Waals surface area contributed by atoms with Crippen molar-refractivity contribution in [3.63, 3.8) is 0 Å². The molecule has 1 heterocycles. The minimum absolute atomic E-state index is 0.00876. The monoisotopic (exact) mass is 299 g/mol. The highest BCUT2D eigenvalue weighted by molar-refractivity contribution is 7.89. The minimum atomic E-state index is -4.00. The number of nitro benzene ring substituents is 1. The molecule has 106 valence electrons. The molecule has 0 fully saturated rings. The third-order valence-electron chi connectivity index (χ3n) is 2.37. The number of rotatable bonds is 4. The lowest BCUT2D eigenvalue weighted by Crippen LogP contribution is -2.13. The van der Waals surface area contributed by atoms with Crippen molar-refractivity contribution in [2.24, 2.45) is 5.14 Å². The molecule has 0 atom stereocenters. The second kappa shape index (κ2) is 4.86. The third kappa shape index (κ3) is 2.57. The van der Waals surface area contributed by atoms with Crippen LogP contribution < -0.4 is 9.88 Å². The lowest BCUT2D eigenvalue weighted by molar-refractivity contribution is -0.385. The molecule has 0 radical (unpaired) electrons. The molecule has 1 aromatic carbocycles. The molecule has 11 heteroatoms. The molecule has 0 unspecified atom stereocenters. The van der Waals surface area contributed by atoms with Crippen LogP contribution in [0.3, 0.4) is 0 Å². The number of hydrogen-bond acceptors (Lipinski definition) is 7. The van der Waals surface area contributed by atoms with Gasteiger partial charge in [-0.25, -0.2) is 18.7 Å². The summed E-state index contributed by atoms with van der Waals surface area (Å²) in [6.07, 6.45) is 0. The average Bonchev–Trinajstić information content (AvgIpc) is 2.87. The molecule has 3 N–H and O–H groups in total. The maximum absolute atomic E-state index is 11.1. The molecule has 0 bridgehead atoms. The second-order valence-electron chi connectivity index (χ2n) is 3.65. The summed E-state index contributed by atoms with van der Waals surface area (Å²) < 4.78 is 27.0. The number of methoxy groups -OCH3 is 1. The Morgan fingerprint density at radius 3 is 2.65 bits per heavy atom. The van der Waals surface area contributed by atoms with Crippen molar-refractivity contribution >= 4 is 15.7 Å². The molecule has 0 aliphatic carbocycles. The van der Waals surface area contributed by atoms with Gasteiger partial charge in [0.25, 0.3) is 15.2 Å². The van der Waals surface area contributed by atoms with E-state index in [-0.39, 0.29) is 17.3 Å². The Kier molecular flexibility index (Phi) is 3.38. The zero-order chi connectivity index (χ0) is 14.9. The van der Waals surface area contributed by atoms with Crippen molar-refractivity contribution in [3.05, 3.63) is 28.3 Å². The van der Waals surface area contributed by atoms with Gasteiger partial charge < -0.3 is 4.74 Å². The highest BCUT2D eigenvalue weighted by Gasteiger charge is 2.19. The maximum Gasteiger partial charge on any atom is 0.310 e. The fourth-order valence-corrected chi connectivity index (χ4v) is 1.86. The predicted octanol–water partition coefficient (Wildman–Crippen LogP) is 0.0359. The molecule has 2 aromatic rings. The number of nitrogens with two attached hydrogens (primary N) is 1. The Balaban J connectivity index is 2.49. The van der Waals surface area contributed by atoms with Crippen LogP contribution >= 0.6 is 0 Å². The molecule has 0 saturated heterocycles. The van der Waals surface area contributed by atoms with E-state index in [4.69, 9.17) is 9.88 Å². The summed E-state index contributed by atoms with van der Waals surface area (Å²) in [7, 11) is -2.72. The highest BCUT2D eigenvalue weighted by Crippen LogP contribution is 2.30. The Bertz CT molecular complexity index is 769. The Morgan fingerprint density at radius 1 is 1.45 bits per heavy atom. The van der Waals surface area contributed by atoms with Gasteiger partial charge >= 0.3 is 5.69 Å². The number of nitrogens with one attached hydrogen (secondary N) is 1. The smallest absolute Gasteiger partial charge is 0.310 e. The average molecular weight is 299 g/mol. The van der Waals surface area contributed by atoms with E-state index in [0.717, 1.165) is 0 Å². The van der Waals surface area contributed by atoms with Gasteiger partial charge in [0, 0.05) is 11.6 Å². The molecular weight excluding hydrogens is 290 g/mol. The fourth-order valence-electron chi connectivity index (χ4n) is 1.47. The molecule has 20 heavy (non-hydrogen) atoms. The number of aromatic amines is 1. The Hall–Kier alpha value is -2.53. The van der Waals surface area contributed by atoms with Gasteiger partial charge in [0.1, 0.15) is 0 Å². The summed E-state index contributed by atoms with van der Waals surface area (Å²) in [5, 5.41) is 21.0. The molecule has 10 nitrogen and oxygen atoms in total. The zero-order valence-electron chi connectivity index (χ0n) is 10.1. The van der Waals surface area contributed by atoms with Crippen molar-refractivity contribution in [2.75, 3.05) is 7.11 Å². The first kappa shape index (κ1) is 13.9. The largest absolute Gasteiger partial charge is 0.490 e. The van der Waals surface area contributed by atoms with Gasteiger partial charge in [-0.05, 0) is 12.1 Å². The number of hydrogen-bond donors (Lipinski definition) is 2. The third-order valence-corrected chi connectivity index (χ3v) is 3.09. The van der Waals surface area contributed by atoms with Crippen molar-refractivity contribution in [1.29, 1.82) is 0 Å². The summed E-state index contributed by atoms with van der Waals surface area (Å²) in [6, 6.07) is 3.91. The van der Waals surface area contributed by atoms with Crippen LogP contribution in [0.2, 0.25) is 0 Å². The summed E-state index contributed by atoms with van der Waals surface area (Å²) in [6.45, 7) is 0. The quantitative estimate of drug-likeness (QED) is 0.596. The van der Waals surface area contributed by atoms with Crippen LogP contribution in [0, 0.1) is 10.1 Å². The van der Waals surface area contributed by atoms with Gasteiger partial charge in [-0.3, -0.25) is 10.1 Å². The number of sulfonamides is 1. The van der Waals surface area contributed by atoms with Gasteiger partial charge in [0.15, 0.2) is 11.6 Å². The molecule has 0 aliphatic rings. The Morgan fingerprint density at radius 2 is 2.15 bits per heavy atom. The van der Waals surface area contributed by atoms with Gasteiger partial charge in [-0.1, -0.05) is 0 Å². The van der Waals surface area contributed by atoms with Crippen molar-refractivity contribution < 1.29 is 18.1 Å². The van der Waals surface area contributed by atoms with E-state index in [0.29, 0.717) is 5.56 Å². The van der Waals surface area contributed by atoms with Crippen LogP contribution in [0.5, 0.6) is 5.75 Å². The lowest BCUT2D eigenvalue weighted by atomic mass is 10.2. The van der Waals surface area contributed by atoms with E-state index in [1.165, 1.54) is 25.3 Å². The first-order valence-corrected chi connectivity index (χ1v) is 6.65. The number of H-pyrrole nitrogens is 1. The summed E-state index contributed by atoms with van der Waals surface area (Å²) >= 11 is 0. The first-order chi connectivity index (χ1) is 9.32. The zero-order valence-corrected chi connectivity index (χ0v) is 10.9. The van der Waals surface area contributed by atoms with Crippen LogP contribution in [0.4, 0.5) is 5.69 Å². The van der Waals surface area contributed by atoms with E-state index in [1.54, 1.807) is 0 Å². The molecule has 0 aliphatic heterocycles. The number of aromatic nitrogens is 3. The number of benzene rings is 1. The molecule has 0 saturated carbocycles. The standard InChI is InChI=1S/C9H9N5O5S/c1-19-7-4-5(2-3-6(7)14(15)16)8-11-9(13-12-8)20(10,17)18/h2-4H,1H3,(H2,10,17,18)(H,11,12,13). The van der Waals surface area contributed by atoms with Crippen LogP contribution in [-0.4, -0.2) is 35.6 Å². The molecule has 0 amide bonds. The number of nitro groups is 1. The van der Waals surface area contributed by atoms with Crippen molar-refractivity contribution in [1.82, 2.24) is 15.2 Å². The molecular formula is C9H9N5O5S. The summed E-state index contributed by atoms with van der Waals surface area (Å²) in [5.74, 6) is 0.0386. The number of ether oxygens (including phenoxy) is 1. The van der Waals surface area contributed by atoms with Gasteiger partial charge in [0.05, 0.1) is 12.0 Å². The van der Waals surface area contributed by atoms with Crippen LogP contribution in [0.25, 0.3) is 11.4 Å². The van der Waals surface area contributed by atoms with E-state index in [2.05, 4.69) is 15.2 Å². The Labute approximate surface area is 112 Å². The van der Waals surface area contributed by atoms with E-state index < -0.39 is 20.1 Å². The number of nitrogens with zero attached hydrogens (tertiary/aromatic N) is 3. The fraction of sp³-hybridized carbons (Fsp3) is 0.111. The van der Waals surface area contributed by atoms with Crippen LogP contribution in [0.1, 0.15) is 0 Å². The SMILES string of the molecule is COc1cc(-c2n[nH]c(S(N)(=O)=O)n2)ccc1[N+](=O)[O-]. The molecule has 0 spiro atoms. The minimum Gasteiger partial charge on any atom is -0.490 e. The van der Waals surface area contributed by atoms with Crippen LogP contribution in [0.15, 0.2) is 23.4 Å². The van der Waals surface area contributed by atoms with E-state index in [1.807, 2.05) is 0 Å². The van der Waals surface area contributed by atoms with Crippen molar-refractivity contribution in [3.8, 4) is 17.1 Å². The normalized spacial score (nSPS) is 11.3. The van der Waals surface area contributed by atoms with E-state index in [9.17, 15) is 18.5 Å². The van der Waals surface area contributed by atoms with Crippen LogP contribution in [-0.2, 0) is 10.0 Å². The van der Waals surface area contributed by atoms with Crippen molar-refractivity contribution in [2.45, 2.75) is 5.16 Å². The molecule has 2 rings (SSSR count). The summed E-state index contributed by atoms with van der Waals surface area (Å²) in [5.41, 5.74) is 0.122. The topological polar surface area (TPSA) is 154 Å². The van der Waals surface area contributed by atoms with Gasteiger partial charge in [-0.15, -0.1) is 0 Å². The van der Waals surface area contributed by atoms with Gasteiger partial charge in [0.2, 0.25) is 0 Å². The first-order valence-electron chi connectivity index (χ1n) is 5.11. The van der Waals surface area contributed by atoms with E-state index >= 15 is 0 Å². The lowest BCUT2D eigenvalue weighted by Gasteiger charge is -2.02. The summed E-state index contributed by atoms with van der Waals surface area (Å²) in [4.78, 5) is 13.9. The predicted molar refractivity (Wildman–Crippen MR) is 66.4 cm³/mol. The maximum atomic E-state index is 11.1.